The first-order chi connectivity index (χ1) is 20.3. The van der Waals surface area contributed by atoms with Gasteiger partial charge in [0.25, 0.3) is 0 Å². The molecular weight excluding hydrogens is 512 g/mol. The van der Waals surface area contributed by atoms with Gasteiger partial charge >= 0.3 is 0 Å². The molecular formula is C38H76N4. The van der Waals surface area contributed by atoms with Gasteiger partial charge in [0.2, 0.25) is 0 Å². The van der Waals surface area contributed by atoms with Crippen LogP contribution in [-0.2, 0) is 0 Å². The molecule has 5 N–H and O–H groups in total. The molecule has 4 aliphatic rings. The molecule has 0 amide bonds. The largest absolute Gasteiger partial charge is 0.328 e. The van der Waals surface area contributed by atoms with Crippen LogP contribution in [-0.4, -0.2) is 42.3 Å². The Bertz CT molecular complexity index is 622. The minimum Gasteiger partial charge on any atom is -0.328 e. The van der Waals surface area contributed by atoms with Gasteiger partial charge < -0.3 is 21.7 Å². The standard InChI is InChI=1S/C21H42N2.C17H34N2/c1-5-16(3)22-20-11-7-18(8-12-20)15-19-9-13-21(14-10-19)23-17(4)6-2;1-3-13(2)19-17-10-6-15(7-11-17)12-14-4-8-16(18)9-5-14/h16-23H,5-15H2,1-4H3;13-17,19H,3-12,18H2,1-2H3. The van der Waals surface area contributed by atoms with Crippen LogP contribution in [0.5, 0.6) is 0 Å². The van der Waals surface area contributed by atoms with Crippen molar-refractivity contribution in [2.75, 3.05) is 0 Å². The second-order valence-corrected chi connectivity index (χ2v) is 15.8. The molecule has 248 valence electrons. The summed E-state index contributed by atoms with van der Waals surface area (Å²) in [5.74, 6) is 4.04. The van der Waals surface area contributed by atoms with E-state index in [0.717, 1.165) is 41.8 Å². The smallest absolute Gasteiger partial charge is 0.00697 e. The van der Waals surface area contributed by atoms with E-state index in [9.17, 15) is 0 Å². The maximum absolute atomic E-state index is 6.00. The van der Waals surface area contributed by atoms with Crippen molar-refractivity contribution < 1.29 is 0 Å². The zero-order valence-corrected chi connectivity index (χ0v) is 29.3. The molecule has 0 spiro atoms. The summed E-state index contributed by atoms with van der Waals surface area (Å²) in [6.07, 6.45) is 29.4. The van der Waals surface area contributed by atoms with E-state index >= 15 is 0 Å². The van der Waals surface area contributed by atoms with Crippen LogP contribution < -0.4 is 21.7 Å². The maximum Gasteiger partial charge on any atom is 0.00697 e. The Kier molecular flexibility index (Phi) is 17.3. The molecule has 0 aliphatic heterocycles. The SMILES string of the molecule is CCC(C)NC1CCC(CC2CCC(N)CC2)CC1.CCC(C)NC1CCC(CC2CCC(NC(C)CC)CC2)CC1. The van der Waals surface area contributed by atoms with Crippen molar-refractivity contribution >= 4 is 0 Å². The Morgan fingerprint density at radius 1 is 0.429 bits per heavy atom. The molecule has 0 bridgehead atoms. The van der Waals surface area contributed by atoms with Gasteiger partial charge in [-0.15, -0.1) is 0 Å². The number of rotatable bonds is 13. The molecule has 0 saturated heterocycles. The van der Waals surface area contributed by atoms with Gasteiger partial charge in [0.15, 0.2) is 0 Å². The van der Waals surface area contributed by atoms with Crippen LogP contribution in [0.3, 0.4) is 0 Å². The highest BCUT2D eigenvalue weighted by Gasteiger charge is 2.28. The highest BCUT2D eigenvalue weighted by atomic mass is 15.0. The van der Waals surface area contributed by atoms with Gasteiger partial charge in [-0.1, -0.05) is 20.8 Å². The summed E-state index contributed by atoms with van der Waals surface area (Å²) in [5.41, 5.74) is 6.00. The van der Waals surface area contributed by atoms with Crippen molar-refractivity contribution in [3.8, 4) is 0 Å². The van der Waals surface area contributed by atoms with E-state index in [1.54, 1.807) is 0 Å². The predicted molar refractivity (Wildman–Crippen MR) is 185 cm³/mol. The summed E-state index contributed by atoms with van der Waals surface area (Å²) in [4.78, 5) is 0. The van der Waals surface area contributed by atoms with Crippen molar-refractivity contribution in [1.82, 2.24) is 16.0 Å². The third-order valence-corrected chi connectivity index (χ3v) is 12.2. The van der Waals surface area contributed by atoms with Gasteiger partial charge in [-0.25, -0.2) is 0 Å². The predicted octanol–water partition coefficient (Wildman–Crippen LogP) is 9.11. The molecule has 3 atom stereocenters. The van der Waals surface area contributed by atoms with E-state index in [1.807, 2.05) is 0 Å². The van der Waals surface area contributed by atoms with Crippen LogP contribution in [0.1, 0.15) is 176 Å². The number of nitrogens with one attached hydrogen (secondary N) is 3. The van der Waals surface area contributed by atoms with Gasteiger partial charge in [0.05, 0.1) is 0 Å². The first kappa shape index (κ1) is 36.3. The molecule has 4 heteroatoms. The van der Waals surface area contributed by atoms with Crippen LogP contribution in [0, 0.1) is 23.7 Å². The van der Waals surface area contributed by atoms with E-state index in [0.29, 0.717) is 24.2 Å². The minimum atomic E-state index is 0.506. The molecule has 0 aromatic rings. The van der Waals surface area contributed by atoms with Crippen molar-refractivity contribution in [1.29, 1.82) is 0 Å². The quantitative estimate of drug-likeness (QED) is 0.173. The molecule has 0 radical (unpaired) electrons. The van der Waals surface area contributed by atoms with Crippen LogP contribution in [0.2, 0.25) is 0 Å². The maximum atomic E-state index is 6.00. The molecule has 0 aromatic heterocycles. The van der Waals surface area contributed by atoms with Crippen LogP contribution in [0.4, 0.5) is 0 Å². The molecule has 4 aliphatic carbocycles. The molecule has 0 aromatic carbocycles. The van der Waals surface area contributed by atoms with Crippen molar-refractivity contribution in [2.24, 2.45) is 29.4 Å². The van der Waals surface area contributed by atoms with Gasteiger partial charge in [-0.2, -0.15) is 0 Å². The monoisotopic (exact) mass is 589 g/mol. The second-order valence-electron chi connectivity index (χ2n) is 15.8. The molecule has 3 unspecified atom stereocenters. The Balaban J connectivity index is 0.000000235. The minimum absolute atomic E-state index is 0.506. The van der Waals surface area contributed by atoms with Crippen molar-refractivity contribution in [3.63, 3.8) is 0 Å². The van der Waals surface area contributed by atoms with E-state index in [4.69, 9.17) is 5.73 Å². The summed E-state index contributed by atoms with van der Waals surface area (Å²) in [6.45, 7) is 13.8. The first-order valence-corrected chi connectivity index (χ1v) is 19.3. The van der Waals surface area contributed by atoms with Crippen LogP contribution in [0.15, 0.2) is 0 Å². The number of hydrogen-bond donors (Lipinski definition) is 4. The lowest BCUT2D eigenvalue weighted by Gasteiger charge is -2.36. The molecule has 0 heterocycles. The lowest BCUT2D eigenvalue weighted by Crippen LogP contribution is -2.40. The third kappa shape index (κ3) is 13.9. The summed E-state index contributed by atoms with van der Waals surface area (Å²) in [7, 11) is 0. The van der Waals surface area contributed by atoms with Gasteiger partial charge in [-0.05, 0) is 179 Å². The van der Waals surface area contributed by atoms with Crippen LogP contribution >= 0.6 is 0 Å². The molecule has 4 saturated carbocycles. The Morgan fingerprint density at radius 2 is 0.667 bits per heavy atom. The van der Waals surface area contributed by atoms with E-state index < -0.39 is 0 Å². The van der Waals surface area contributed by atoms with Crippen molar-refractivity contribution in [2.45, 2.75) is 219 Å². The van der Waals surface area contributed by atoms with Crippen molar-refractivity contribution in [3.05, 3.63) is 0 Å². The Morgan fingerprint density at radius 3 is 0.905 bits per heavy atom. The lowest BCUT2D eigenvalue weighted by atomic mass is 9.75. The molecule has 4 nitrogen and oxygen atoms in total. The van der Waals surface area contributed by atoms with E-state index in [-0.39, 0.29) is 0 Å². The summed E-state index contributed by atoms with van der Waals surface area (Å²) < 4.78 is 0. The Hall–Kier alpha value is -0.160. The number of hydrogen-bond acceptors (Lipinski definition) is 4. The zero-order chi connectivity index (χ0) is 30.3. The molecule has 42 heavy (non-hydrogen) atoms. The van der Waals surface area contributed by atoms with E-state index in [2.05, 4.69) is 57.5 Å². The zero-order valence-electron chi connectivity index (χ0n) is 29.3. The van der Waals surface area contributed by atoms with Crippen LogP contribution in [0.25, 0.3) is 0 Å². The second kappa shape index (κ2) is 20.1. The Labute approximate surface area is 263 Å². The highest BCUT2D eigenvalue weighted by Crippen LogP contribution is 2.36. The summed E-state index contributed by atoms with van der Waals surface area (Å²) in [5, 5.41) is 11.4. The lowest BCUT2D eigenvalue weighted by molar-refractivity contribution is 0.199. The van der Waals surface area contributed by atoms with Gasteiger partial charge in [-0.3, -0.25) is 0 Å². The topological polar surface area (TPSA) is 62.1 Å². The number of nitrogens with two attached hydrogens (primary N) is 1. The normalized spacial score (nSPS) is 36.4. The summed E-state index contributed by atoms with van der Waals surface area (Å²) in [6, 6.07) is 5.00. The summed E-state index contributed by atoms with van der Waals surface area (Å²) >= 11 is 0. The fraction of sp³-hybridized carbons (Fsp3) is 1.00. The molecule has 4 fully saturated rings. The average molecular weight is 589 g/mol. The van der Waals surface area contributed by atoms with E-state index in [1.165, 1.54) is 135 Å². The van der Waals surface area contributed by atoms with Gasteiger partial charge in [0.1, 0.15) is 0 Å². The molecule has 4 rings (SSSR count). The first-order valence-electron chi connectivity index (χ1n) is 19.3. The fourth-order valence-electron chi connectivity index (χ4n) is 8.62. The highest BCUT2D eigenvalue weighted by molar-refractivity contribution is 4.85. The fourth-order valence-corrected chi connectivity index (χ4v) is 8.62. The van der Waals surface area contributed by atoms with Gasteiger partial charge in [0, 0.05) is 42.3 Å². The average Bonchev–Trinajstić information content (AvgIpc) is 3.01. The third-order valence-electron chi connectivity index (χ3n) is 12.2.